The van der Waals surface area contributed by atoms with E-state index in [4.69, 9.17) is 19.9 Å². The van der Waals surface area contributed by atoms with E-state index in [0.29, 0.717) is 0 Å². The predicted octanol–water partition coefficient (Wildman–Crippen LogP) is 17.4. The van der Waals surface area contributed by atoms with Crippen molar-refractivity contribution in [3.8, 4) is 101 Å². The van der Waals surface area contributed by atoms with E-state index in [1.165, 1.54) is 5.56 Å². The Morgan fingerprint density at radius 2 is 0.420 bits per heavy atom. The first-order valence-corrected chi connectivity index (χ1v) is 23.6. The molecule has 9 aromatic carbocycles. The Kier molecular flexibility index (Phi) is 13.4. The molecule has 0 atom stereocenters. The zero-order chi connectivity index (χ0) is 46.8. The van der Waals surface area contributed by atoms with Crippen LogP contribution in [-0.2, 0) is 0 Å². The molecule has 328 valence electrons. The summed E-state index contributed by atoms with van der Waals surface area (Å²) in [6.07, 6.45) is 1.86. The Morgan fingerprint density at radius 1 is 0.232 bits per heavy atom. The lowest BCUT2D eigenvalue weighted by Gasteiger charge is -2.16. The Balaban J connectivity index is 0.000000164. The highest BCUT2D eigenvalue weighted by Crippen LogP contribution is 2.39. The summed E-state index contributed by atoms with van der Waals surface area (Å²) in [5, 5.41) is 0. The number of benzene rings is 9. The quantitative estimate of drug-likeness (QED) is 0.137. The molecule has 0 radical (unpaired) electrons. The molecule has 0 saturated carbocycles. The summed E-state index contributed by atoms with van der Waals surface area (Å²) in [6.45, 7) is 3.85. The fraction of sp³-hybridized carbons (Fsp3) is 0. The summed E-state index contributed by atoms with van der Waals surface area (Å²) in [7, 11) is 0. The molecule has 2 heterocycles. The second-order valence-electron chi connectivity index (χ2n) is 16.3. The van der Waals surface area contributed by atoms with Gasteiger partial charge >= 0.3 is 0 Å². The lowest BCUT2D eigenvalue weighted by Crippen LogP contribution is -2.00. The van der Waals surface area contributed by atoms with Gasteiger partial charge in [0.05, 0.1) is 45.6 Å². The first-order chi connectivity index (χ1) is 34.1. The van der Waals surface area contributed by atoms with Gasteiger partial charge in [-0.25, -0.2) is 19.9 Å². The molecule has 2 aromatic heterocycles. The Morgan fingerprint density at radius 3 is 0.652 bits per heavy atom. The number of halogens is 1. The summed E-state index contributed by atoms with van der Waals surface area (Å²) < 4.78 is 1.04. The zero-order valence-electron chi connectivity index (χ0n) is 37.7. The van der Waals surface area contributed by atoms with Crippen LogP contribution in [0.5, 0.6) is 0 Å². The van der Waals surface area contributed by atoms with Crippen molar-refractivity contribution in [2.45, 2.75) is 0 Å². The van der Waals surface area contributed by atoms with Gasteiger partial charge in [-0.3, -0.25) is 0 Å². The molecule has 5 heteroatoms. The molecule has 0 aliphatic carbocycles. The zero-order valence-corrected chi connectivity index (χ0v) is 39.3. The highest BCUT2D eigenvalue weighted by Gasteiger charge is 2.21. The van der Waals surface area contributed by atoms with E-state index in [2.05, 4.69) is 156 Å². The van der Waals surface area contributed by atoms with Gasteiger partial charge in [0, 0.05) is 49.0 Å². The largest absolute Gasteiger partial charge is 0.243 e. The number of nitrogens with zero attached hydrogens (tertiary/aromatic N) is 4. The van der Waals surface area contributed by atoms with Crippen LogP contribution in [0.3, 0.4) is 0 Å². The van der Waals surface area contributed by atoms with Crippen molar-refractivity contribution < 1.29 is 0 Å². The maximum absolute atomic E-state index is 5.32. The van der Waals surface area contributed by atoms with Crippen LogP contribution in [0.4, 0.5) is 0 Å². The van der Waals surface area contributed by atoms with Crippen LogP contribution in [0.15, 0.2) is 266 Å². The normalized spacial score (nSPS) is 10.7. The van der Waals surface area contributed by atoms with Gasteiger partial charge < -0.3 is 0 Å². The fourth-order valence-corrected chi connectivity index (χ4v) is 8.56. The molecule has 11 rings (SSSR count). The van der Waals surface area contributed by atoms with Gasteiger partial charge in [-0.15, -0.1) is 0 Å². The minimum atomic E-state index is 0.864. The lowest BCUT2D eigenvalue weighted by atomic mass is 9.97. The van der Waals surface area contributed by atoms with Crippen LogP contribution in [0, 0.1) is 0 Å². The SMILES string of the molecule is Brc1ccc(-c2nc(-c3ccccc3)c(-c3ccccc3)nc2-c2ccccc2)cc1.C=Cc1ccc(-c2ccc(-c3nc(-c4ccccc4)c(-c4ccccc4)nc3-c3ccccc3)cc2)cc1. The maximum Gasteiger partial charge on any atom is 0.0973 e. The van der Waals surface area contributed by atoms with Crippen LogP contribution in [0.1, 0.15) is 5.56 Å². The number of aromatic nitrogens is 4. The predicted molar refractivity (Wildman–Crippen MR) is 291 cm³/mol. The van der Waals surface area contributed by atoms with Crippen LogP contribution < -0.4 is 0 Å². The Hall–Kier alpha value is -8.64. The van der Waals surface area contributed by atoms with E-state index in [-0.39, 0.29) is 0 Å². The molecule has 0 fully saturated rings. The van der Waals surface area contributed by atoms with E-state index in [0.717, 1.165) is 106 Å². The average molecular weight is 950 g/mol. The van der Waals surface area contributed by atoms with Crippen molar-refractivity contribution in [3.63, 3.8) is 0 Å². The summed E-state index contributed by atoms with van der Waals surface area (Å²) in [6, 6.07) is 87.0. The fourth-order valence-electron chi connectivity index (χ4n) is 8.30. The van der Waals surface area contributed by atoms with Crippen molar-refractivity contribution in [1.82, 2.24) is 19.9 Å². The molecule has 11 aromatic rings. The highest BCUT2D eigenvalue weighted by molar-refractivity contribution is 9.10. The molecule has 4 nitrogen and oxygen atoms in total. The van der Waals surface area contributed by atoms with Crippen LogP contribution in [0.2, 0.25) is 0 Å². The molecule has 0 aliphatic heterocycles. The molecule has 69 heavy (non-hydrogen) atoms. The van der Waals surface area contributed by atoms with Crippen LogP contribution in [-0.4, -0.2) is 19.9 Å². The van der Waals surface area contributed by atoms with E-state index < -0.39 is 0 Å². The smallest absolute Gasteiger partial charge is 0.0973 e. The third-order valence-corrected chi connectivity index (χ3v) is 12.4. The maximum atomic E-state index is 5.32. The van der Waals surface area contributed by atoms with E-state index in [1.54, 1.807) is 0 Å². The van der Waals surface area contributed by atoms with Crippen molar-refractivity contribution in [1.29, 1.82) is 0 Å². The third kappa shape index (κ3) is 10.1. The van der Waals surface area contributed by atoms with E-state index in [1.807, 2.05) is 127 Å². The van der Waals surface area contributed by atoms with Gasteiger partial charge in [-0.05, 0) is 28.8 Å². The standard InChI is InChI=1S/C36H26N2.C28H19BrN2/c1-2-26-18-20-27(21-19-26)28-22-24-32(25-23-28)36-35(31-16-10-5-11-17-31)37-33(29-12-6-3-7-13-29)34(38-36)30-14-8-4-9-15-30;29-24-18-16-23(17-19-24)28-27(22-14-8-3-9-15-22)30-25(20-10-4-1-5-11-20)26(31-28)21-12-6-2-7-13-21/h2-25H,1H2;1-19H. The summed E-state index contributed by atoms with van der Waals surface area (Å²) >= 11 is 3.54. The minimum absolute atomic E-state index is 0.864. The number of hydrogen-bond donors (Lipinski definition) is 0. The molecular weight excluding hydrogens is 905 g/mol. The molecule has 0 aliphatic rings. The molecule has 0 unspecified atom stereocenters. The molecular formula is C64H45BrN4. The van der Waals surface area contributed by atoms with Gasteiger partial charge in [0.15, 0.2) is 0 Å². The van der Waals surface area contributed by atoms with Gasteiger partial charge in [-0.1, -0.05) is 271 Å². The summed E-state index contributed by atoms with van der Waals surface area (Å²) in [4.78, 5) is 21.0. The van der Waals surface area contributed by atoms with Crippen LogP contribution in [0.25, 0.3) is 107 Å². The molecule has 0 amide bonds. The van der Waals surface area contributed by atoms with Crippen molar-refractivity contribution >= 4 is 22.0 Å². The average Bonchev–Trinajstić information content (AvgIpc) is 3.44. The monoisotopic (exact) mass is 948 g/mol. The van der Waals surface area contributed by atoms with Crippen molar-refractivity contribution in [2.75, 3.05) is 0 Å². The summed E-state index contributed by atoms with van der Waals surface area (Å²) in [5.74, 6) is 0. The van der Waals surface area contributed by atoms with E-state index >= 15 is 0 Å². The van der Waals surface area contributed by atoms with Crippen LogP contribution >= 0.6 is 15.9 Å². The van der Waals surface area contributed by atoms with Gasteiger partial charge in [0.25, 0.3) is 0 Å². The molecule has 0 spiro atoms. The van der Waals surface area contributed by atoms with Gasteiger partial charge in [0.1, 0.15) is 0 Å². The molecule has 0 saturated heterocycles. The topological polar surface area (TPSA) is 51.6 Å². The van der Waals surface area contributed by atoms with Crippen molar-refractivity contribution in [3.05, 3.63) is 271 Å². The first-order valence-electron chi connectivity index (χ1n) is 22.9. The first kappa shape index (κ1) is 44.2. The highest BCUT2D eigenvalue weighted by atomic mass is 79.9. The number of hydrogen-bond acceptors (Lipinski definition) is 4. The Bertz CT molecular complexity index is 3440. The second-order valence-corrected chi connectivity index (χ2v) is 17.3. The third-order valence-electron chi connectivity index (χ3n) is 11.8. The molecule has 0 N–H and O–H groups in total. The summed E-state index contributed by atoms with van der Waals surface area (Å²) in [5.41, 5.74) is 18.7. The minimum Gasteiger partial charge on any atom is -0.243 e. The van der Waals surface area contributed by atoms with Gasteiger partial charge in [-0.2, -0.15) is 0 Å². The number of rotatable bonds is 10. The Labute approximate surface area is 412 Å². The van der Waals surface area contributed by atoms with Crippen molar-refractivity contribution in [2.24, 2.45) is 0 Å². The lowest BCUT2D eigenvalue weighted by molar-refractivity contribution is 1.21. The second kappa shape index (κ2) is 20.9. The molecule has 0 bridgehead atoms. The van der Waals surface area contributed by atoms with Gasteiger partial charge in [0.2, 0.25) is 0 Å². The van der Waals surface area contributed by atoms with E-state index in [9.17, 15) is 0 Å².